The third kappa shape index (κ3) is 3.60. The van der Waals surface area contributed by atoms with Crippen LogP contribution in [0.2, 0.25) is 0 Å². The van der Waals surface area contributed by atoms with E-state index in [0.29, 0.717) is 18.3 Å². The molecule has 30 heavy (non-hydrogen) atoms. The molecule has 1 aliphatic heterocycles. The molecule has 0 spiro atoms. The molecule has 1 aliphatic carbocycles. The number of rotatable bonds is 5. The zero-order valence-corrected chi connectivity index (χ0v) is 17.4. The lowest BCUT2D eigenvalue weighted by molar-refractivity contribution is 0.194. The van der Waals surface area contributed by atoms with Gasteiger partial charge in [0.25, 0.3) is 0 Å². The summed E-state index contributed by atoms with van der Waals surface area (Å²) in [7, 11) is 0. The number of hydrogen-bond donors (Lipinski definition) is 0. The largest absolute Gasteiger partial charge is 0.353 e. The van der Waals surface area contributed by atoms with E-state index in [0.717, 1.165) is 61.0 Å². The van der Waals surface area contributed by atoms with Gasteiger partial charge in [0.15, 0.2) is 10.6 Å². The van der Waals surface area contributed by atoms with Gasteiger partial charge < -0.3 is 4.90 Å². The van der Waals surface area contributed by atoms with Crippen molar-refractivity contribution >= 4 is 18.0 Å². The van der Waals surface area contributed by atoms with Crippen molar-refractivity contribution in [1.29, 1.82) is 5.26 Å². The van der Waals surface area contributed by atoms with Gasteiger partial charge in [-0.3, -0.25) is 14.5 Å². The second-order valence-electron chi connectivity index (χ2n) is 7.68. The molecule has 9 heteroatoms. The minimum Gasteiger partial charge on any atom is -0.353 e. The van der Waals surface area contributed by atoms with Gasteiger partial charge in [-0.15, -0.1) is 0 Å². The van der Waals surface area contributed by atoms with E-state index in [-0.39, 0.29) is 0 Å². The first-order valence-electron chi connectivity index (χ1n) is 10.2. The number of anilines is 1. The fourth-order valence-corrected chi connectivity index (χ4v) is 4.23. The van der Waals surface area contributed by atoms with Gasteiger partial charge in [-0.05, 0) is 49.3 Å². The van der Waals surface area contributed by atoms with Crippen molar-refractivity contribution in [2.75, 3.05) is 31.1 Å². The standard InChI is InChI=1S/C21H22N8S/c22-13-16-3-2-8-24-19(16)27-11-9-26(10-12-27)15-28-21(30)29(18-5-6-18)20(25-28)17-4-1-7-23-14-17/h1-4,7-8,14,18H,5-6,9-12,15H2. The van der Waals surface area contributed by atoms with Crippen molar-refractivity contribution in [1.82, 2.24) is 29.2 Å². The van der Waals surface area contributed by atoms with Crippen molar-refractivity contribution in [2.24, 2.45) is 0 Å². The Bertz CT molecular complexity index is 1130. The maximum atomic E-state index is 9.34. The quantitative estimate of drug-likeness (QED) is 0.590. The van der Waals surface area contributed by atoms with Crippen LogP contribution >= 0.6 is 12.2 Å². The minimum atomic E-state index is 0.451. The Labute approximate surface area is 180 Å². The predicted molar refractivity (Wildman–Crippen MR) is 115 cm³/mol. The molecule has 0 amide bonds. The average Bonchev–Trinajstić information content (AvgIpc) is 3.59. The Morgan fingerprint density at radius 1 is 1.10 bits per heavy atom. The van der Waals surface area contributed by atoms with Crippen LogP contribution in [0.3, 0.4) is 0 Å². The van der Waals surface area contributed by atoms with Gasteiger partial charge in [0.1, 0.15) is 11.9 Å². The van der Waals surface area contributed by atoms with Crippen LogP contribution in [-0.4, -0.2) is 55.4 Å². The summed E-state index contributed by atoms with van der Waals surface area (Å²) in [6.07, 6.45) is 7.66. The summed E-state index contributed by atoms with van der Waals surface area (Å²) in [5, 5.41) is 14.2. The molecule has 1 saturated carbocycles. The highest BCUT2D eigenvalue weighted by atomic mass is 32.1. The van der Waals surface area contributed by atoms with Gasteiger partial charge in [0.05, 0.1) is 12.2 Å². The summed E-state index contributed by atoms with van der Waals surface area (Å²) in [6, 6.07) is 10.3. The maximum absolute atomic E-state index is 9.34. The number of nitrogens with zero attached hydrogens (tertiary/aromatic N) is 8. The monoisotopic (exact) mass is 418 g/mol. The second kappa shape index (κ2) is 7.97. The van der Waals surface area contributed by atoms with Gasteiger partial charge in [0, 0.05) is 56.4 Å². The molecule has 4 heterocycles. The molecule has 1 saturated heterocycles. The highest BCUT2D eigenvalue weighted by molar-refractivity contribution is 7.71. The third-order valence-corrected chi connectivity index (χ3v) is 6.02. The lowest BCUT2D eigenvalue weighted by atomic mass is 10.2. The fourth-order valence-electron chi connectivity index (χ4n) is 3.89. The molecule has 2 fully saturated rings. The number of pyridine rings is 2. The average molecular weight is 419 g/mol. The molecule has 0 N–H and O–H groups in total. The van der Waals surface area contributed by atoms with E-state index in [2.05, 4.69) is 30.4 Å². The van der Waals surface area contributed by atoms with E-state index in [1.807, 2.05) is 29.1 Å². The lowest BCUT2D eigenvalue weighted by Crippen LogP contribution is -2.47. The molecule has 8 nitrogen and oxygen atoms in total. The molecule has 3 aromatic rings. The summed E-state index contributed by atoms with van der Waals surface area (Å²) in [4.78, 5) is 13.2. The zero-order chi connectivity index (χ0) is 20.5. The van der Waals surface area contributed by atoms with Crippen LogP contribution in [0.15, 0.2) is 42.9 Å². The normalized spacial score (nSPS) is 17.1. The van der Waals surface area contributed by atoms with E-state index in [1.165, 1.54) is 0 Å². The van der Waals surface area contributed by atoms with Crippen molar-refractivity contribution < 1.29 is 0 Å². The Morgan fingerprint density at radius 2 is 1.90 bits per heavy atom. The molecule has 152 valence electrons. The van der Waals surface area contributed by atoms with E-state index >= 15 is 0 Å². The molecule has 2 aliphatic rings. The van der Waals surface area contributed by atoms with E-state index in [9.17, 15) is 5.26 Å². The zero-order valence-electron chi connectivity index (χ0n) is 16.6. The number of piperazine rings is 1. The summed E-state index contributed by atoms with van der Waals surface area (Å²) in [6.45, 7) is 4.02. The van der Waals surface area contributed by atoms with Crippen LogP contribution in [0.1, 0.15) is 24.4 Å². The summed E-state index contributed by atoms with van der Waals surface area (Å²) >= 11 is 5.79. The van der Waals surface area contributed by atoms with Crippen LogP contribution in [0.25, 0.3) is 11.4 Å². The molecule has 5 rings (SSSR count). The minimum absolute atomic E-state index is 0.451. The topological polar surface area (TPSA) is 78.8 Å². The van der Waals surface area contributed by atoms with Crippen molar-refractivity contribution in [3.63, 3.8) is 0 Å². The Hall–Kier alpha value is -3.09. The molecule has 0 unspecified atom stereocenters. The first-order valence-corrected chi connectivity index (χ1v) is 10.6. The fraction of sp³-hybridized carbons (Fsp3) is 0.381. The molecular weight excluding hydrogens is 396 g/mol. The van der Waals surface area contributed by atoms with Crippen molar-refractivity contribution in [2.45, 2.75) is 25.6 Å². The maximum Gasteiger partial charge on any atom is 0.199 e. The smallest absolute Gasteiger partial charge is 0.199 e. The Kier molecular flexibility index (Phi) is 5.02. The highest BCUT2D eigenvalue weighted by Crippen LogP contribution is 2.38. The molecule has 0 atom stereocenters. The Morgan fingerprint density at radius 3 is 2.60 bits per heavy atom. The van der Waals surface area contributed by atoms with Gasteiger partial charge in [-0.25, -0.2) is 9.67 Å². The second-order valence-corrected chi connectivity index (χ2v) is 8.05. The van der Waals surface area contributed by atoms with Gasteiger partial charge >= 0.3 is 0 Å². The lowest BCUT2D eigenvalue weighted by Gasteiger charge is -2.35. The highest BCUT2D eigenvalue weighted by Gasteiger charge is 2.29. The number of aromatic nitrogens is 5. The number of hydrogen-bond acceptors (Lipinski definition) is 7. The van der Waals surface area contributed by atoms with Crippen LogP contribution in [0, 0.1) is 16.1 Å². The summed E-state index contributed by atoms with van der Waals surface area (Å²) in [5.41, 5.74) is 1.62. The Balaban J connectivity index is 1.33. The first-order chi connectivity index (χ1) is 14.7. The van der Waals surface area contributed by atoms with E-state index < -0.39 is 0 Å². The van der Waals surface area contributed by atoms with Crippen LogP contribution in [-0.2, 0) is 6.67 Å². The predicted octanol–water partition coefficient (Wildman–Crippen LogP) is 2.86. The molecule has 0 radical (unpaired) electrons. The van der Waals surface area contributed by atoms with E-state index in [1.54, 1.807) is 18.5 Å². The first kappa shape index (κ1) is 18.9. The SMILES string of the molecule is N#Cc1cccnc1N1CCN(Cn2nc(-c3cccnc3)n(C3CC3)c2=S)CC1. The molecular formula is C21H22N8S. The van der Waals surface area contributed by atoms with Crippen molar-refractivity contribution in [3.05, 3.63) is 53.2 Å². The van der Waals surface area contributed by atoms with Crippen LogP contribution in [0.5, 0.6) is 0 Å². The van der Waals surface area contributed by atoms with Crippen LogP contribution in [0.4, 0.5) is 5.82 Å². The van der Waals surface area contributed by atoms with Gasteiger partial charge in [-0.1, -0.05) is 0 Å². The van der Waals surface area contributed by atoms with Gasteiger partial charge in [-0.2, -0.15) is 10.4 Å². The van der Waals surface area contributed by atoms with Crippen molar-refractivity contribution in [3.8, 4) is 17.5 Å². The summed E-state index contributed by atoms with van der Waals surface area (Å²) < 4.78 is 4.90. The summed E-state index contributed by atoms with van der Waals surface area (Å²) in [5.74, 6) is 1.68. The van der Waals surface area contributed by atoms with Crippen LogP contribution < -0.4 is 4.90 Å². The molecule has 3 aromatic heterocycles. The third-order valence-electron chi connectivity index (χ3n) is 5.62. The number of nitriles is 1. The van der Waals surface area contributed by atoms with E-state index in [4.69, 9.17) is 17.3 Å². The molecule has 0 bridgehead atoms. The van der Waals surface area contributed by atoms with Gasteiger partial charge in [0.2, 0.25) is 0 Å². The molecule has 0 aromatic carbocycles.